The van der Waals surface area contributed by atoms with Crippen molar-refractivity contribution in [2.45, 2.75) is 40.3 Å². The third-order valence-corrected chi connectivity index (χ3v) is 4.50. The second kappa shape index (κ2) is 9.76. The zero-order valence-corrected chi connectivity index (χ0v) is 16.5. The Balaban J connectivity index is 2.14. The van der Waals surface area contributed by atoms with E-state index in [2.05, 4.69) is 5.32 Å². The summed E-state index contributed by atoms with van der Waals surface area (Å²) in [6.45, 7) is 8.37. The predicted octanol–water partition coefficient (Wildman–Crippen LogP) is 3.24. The first kappa shape index (κ1) is 20.5. The Labute approximate surface area is 161 Å². The Morgan fingerprint density at radius 2 is 1.74 bits per heavy atom. The smallest absolute Gasteiger partial charge is 0.261 e. The van der Waals surface area contributed by atoms with Crippen LogP contribution in [0.3, 0.4) is 0 Å². The lowest BCUT2D eigenvalue weighted by Crippen LogP contribution is -2.49. The fourth-order valence-corrected chi connectivity index (χ4v) is 2.74. The van der Waals surface area contributed by atoms with E-state index in [1.165, 1.54) is 0 Å². The van der Waals surface area contributed by atoms with E-state index in [1.807, 2.05) is 69.3 Å². The zero-order valence-electron chi connectivity index (χ0n) is 16.5. The van der Waals surface area contributed by atoms with Crippen LogP contribution in [0.4, 0.5) is 0 Å². The van der Waals surface area contributed by atoms with Crippen molar-refractivity contribution in [3.8, 4) is 5.75 Å². The maximum atomic E-state index is 12.9. The van der Waals surface area contributed by atoms with Crippen LogP contribution < -0.4 is 10.1 Å². The molecular formula is C22H28N2O3. The number of nitrogens with one attached hydrogen (secondary N) is 1. The Hall–Kier alpha value is -2.82. The average molecular weight is 368 g/mol. The van der Waals surface area contributed by atoms with Crippen molar-refractivity contribution in [2.75, 3.05) is 13.2 Å². The molecular weight excluding hydrogens is 340 g/mol. The summed E-state index contributed by atoms with van der Waals surface area (Å²) in [7, 11) is 0. The molecule has 0 fully saturated rings. The quantitative estimate of drug-likeness (QED) is 0.778. The van der Waals surface area contributed by atoms with Gasteiger partial charge in [0, 0.05) is 13.1 Å². The largest absolute Gasteiger partial charge is 0.484 e. The van der Waals surface area contributed by atoms with Crippen LogP contribution in [0.25, 0.3) is 0 Å². The van der Waals surface area contributed by atoms with Gasteiger partial charge in [-0.3, -0.25) is 9.59 Å². The van der Waals surface area contributed by atoms with Crippen LogP contribution in [0.1, 0.15) is 30.5 Å². The molecule has 2 amide bonds. The average Bonchev–Trinajstić information content (AvgIpc) is 2.66. The fraction of sp³-hybridized carbons (Fsp3) is 0.364. The summed E-state index contributed by atoms with van der Waals surface area (Å²) in [6.07, 6.45) is 0. The highest BCUT2D eigenvalue weighted by atomic mass is 16.5. The monoisotopic (exact) mass is 368 g/mol. The van der Waals surface area contributed by atoms with E-state index in [0.29, 0.717) is 18.8 Å². The highest BCUT2D eigenvalue weighted by Gasteiger charge is 2.26. The van der Waals surface area contributed by atoms with E-state index in [-0.39, 0.29) is 18.4 Å². The number of benzene rings is 2. The molecule has 0 bridgehead atoms. The lowest BCUT2D eigenvalue weighted by Gasteiger charge is -2.29. The van der Waals surface area contributed by atoms with Crippen LogP contribution in [-0.2, 0) is 16.1 Å². The topological polar surface area (TPSA) is 58.6 Å². The molecule has 0 radical (unpaired) electrons. The van der Waals surface area contributed by atoms with Crippen molar-refractivity contribution < 1.29 is 14.3 Å². The molecule has 0 aliphatic heterocycles. The summed E-state index contributed by atoms with van der Waals surface area (Å²) in [6, 6.07) is 14.8. The van der Waals surface area contributed by atoms with Gasteiger partial charge in [-0.05, 0) is 51.0 Å². The van der Waals surface area contributed by atoms with Gasteiger partial charge in [0.1, 0.15) is 11.8 Å². The lowest BCUT2D eigenvalue weighted by atomic mass is 10.1. The van der Waals surface area contributed by atoms with Crippen molar-refractivity contribution in [2.24, 2.45) is 0 Å². The molecule has 0 unspecified atom stereocenters. The predicted molar refractivity (Wildman–Crippen MR) is 107 cm³/mol. The molecule has 5 nitrogen and oxygen atoms in total. The molecule has 0 heterocycles. The number of hydrogen-bond acceptors (Lipinski definition) is 3. The number of carbonyl (C=O) groups is 2. The maximum Gasteiger partial charge on any atom is 0.261 e. The molecule has 2 rings (SSSR count). The minimum absolute atomic E-state index is 0.112. The summed E-state index contributed by atoms with van der Waals surface area (Å²) < 4.78 is 5.64. The van der Waals surface area contributed by atoms with Crippen molar-refractivity contribution >= 4 is 11.8 Å². The van der Waals surface area contributed by atoms with Gasteiger partial charge >= 0.3 is 0 Å². The lowest BCUT2D eigenvalue weighted by molar-refractivity contribution is -0.142. The molecule has 0 saturated heterocycles. The van der Waals surface area contributed by atoms with E-state index < -0.39 is 6.04 Å². The minimum Gasteiger partial charge on any atom is -0.484 e. The van der Waals surface area contributed by atoms with E-state index in [9.17, 15) is 9.59 Å². The number of hydrogen-bond donors (Lipinski definition) is 1. The number of amides is 2. The van der Waals surface area contributed by atoms with Gasteiger partial charge in [-0.1, -0.05) is 42.0 Å². The van der Waals surface area contributed by atoms with Gasteiger partial charge < -0.3 is 15.0 Å². The first-order valence-corrected chi connectivity index (χ1v) is 9.23. The molecule has 0 aromatic heterocycles. The van der Waals surface area contributed by atoms with E-state index in [1.54, 1.807) is 11.8 Å². The van der Waals surface area contributed by atoms with Gasteiger partial charge in [0.15, 0.2) is 6.61 Å². The summed E-state index contributed by atoms with van der Waals surface area (Å²) in [5.41, 5.74) is 3.22. The number of nitrogens with zero attached hydrogens (tertiary/aromatic N) is 1. The SMILES string of the molecule is CCNC(=O)[C@H](C)N(Cc1ccccc1C)C(=O)COc1ccc(C)cc1. The first-order chi connectivity index (χ1) is 12.9. The molecule has 1 N–H and O–H groups in total. The van der Waals surface area contributed by atoms with E-state index in [4.69, 9.17) is 4.74 Å². The molecule has 1 atom stereocenters. The van der Waals surface area contributed by atoms with Crippen LogP contribution in [0.2, 0.25) is 0 Å². The van der Waals surface area contributed by atoms with Gasteiger partial charge in [-0.2, -0.15) is 0 Å². The third-order valence-electron chi connectivity index (χ3n) is 4.50. The second-order valence-corrected chi connectivity index (χ2v) is 6.62. The van der Waals surface area contributed by atoms with Crippen molar-refractivity contribution in [3.63, 3.8) is 0 Å². The highest BCUT2D eigenvalue weighted by Crippen LogP contribution is 2.15. The number of ether oxygens (including phenoxy) is 1. The Morgan fingerprint density at radius 1 is 1.07 bits per heavy atom. The van der Waals surface area contributed by atoms with Crippen molar-refractivity contribution in [1.82, 2.24) is 10.2 Å². The van der Waals surface area contributed by atoms with Gasteiger partial charge in [0.2, 0.25) is 5.91 Å². The number of likely N-dealkylation sites (N-methyl/N-ethyl adjacent to an activating group) is 1. The minimum atomic E-state index is -0.585. The molecule has 0 saturated carbocycles. The normalized spacial score (nSPS) is 11.6. The van der Waals surface area contributed by atoms with Gasteiger partial charge in [-0.15, -0.1) is 0 Å². The Morgan fingerprint density at radius 3 is 2.37 bits per heavy atom. The molecule has 144 valence electrons. The Kier molecular flexibility index (Phi) is 7.41. The summed E-state index contributed by atoms with van der Waals surface area (Å²) in [5, 5.41) is 2.79. The second-order valence-electron chi connectivity index (χ2n) is 6.62. The van der Waals surface area contributed by atoms with Crippen LogP contribution in [-0.4, -0.2) is 35.9 Å². The molecule has 2 aromatic carbocycles. The van der Waals surface area contributed by atoms with Crippen LogP contribution in [0, 0.1) is 13.8 Å². The molecule has 0 aliphatic rings. The third kappa shape index (κ3) is 5.84. The molecule has 2 aromatic rings. The maximum absolute atomic E-state index is 12.9. The van der Waals surface area contributed by atoms with Crippen LogP contribution in [0.15, 0.2) is 48.5 Å². The van der Waals surface area contributed by atoms with Crippen LogP contribution in [0.5, 0.6) is 5.75 Å². The van der Waals surface area contributed by atoms with Crippen molar-refractivity contribution in [3.05, 3.63) is 65.2 Å². The van der Waals surface area contributed by atoms with Crippen molar-refractivity contribution in [1.29, 1.82) is 0 Å². The zero-order chi connectivity index (χ0) is 19.8. The van der Waals surface area contributed by atoms with Gasteiger partial charge in [0.05, 0.1) is 0 Å². The molecule has 5 heteroatoms. The van der Waals surface area contributed by atoms with Crippen LogP contribution >= 0.6 is 0 Å². The van der Waals surface area contributed by atoms with E-state index in [0.717, 1.165) is 16.7 Å². The number of aryl methyl sites for hydroxylation is 2. The summed E-state index contributed by atoms with van der Waals surface area (Å²) in [4.78, 5) is 26.8. The summed E-state index contributed by atoms with van der Waals surface area (Å²) in [5.74, 6) is 0.239. The van der Waals surface area contributed by atoms with Gasteiger partial charge in [0.25, 0.3) is 5.91 Å². The standard InChI is InChI=1S/C22H28N2O3/c1-5-23-22(26)18(4)24(14-19-9-7-6-8-17(19)3)21(25)15-27-20-12-10-16(2)11-13-20/h6-13,18H,5,14-15H2,1-4H3,(H,23,26)/t18-/m0/s1. The van der Waals surface area contributed by atoms with Gasteiger partial charge in [-0.25, -0.2) is 0 Å². The molecule has 27 heavy (non-hydrogen) atoms. The number of rotatable bonds is 8. The van der Waals surface area contributed by atoms with E-state index >= 15 is 0 Å². The molecule has 0 aliphatic carbocycles. The number of carbonyl (C=O) groups excluding carboxylic acids is 2. The molecule has 0 spiro atoms. The highest BCUT2D eigenvalue weighted by molar-refractivity contribution is 5.87. The first-order valence-electron chi connectivity index (χ1n) is 9.23. The summed E-state index contributed by atoms with van der Waals surface area (Å²) >= 11 is 0. The Bertz CT molecular complexity index is 771. The fourth-order valence-electron chi connectivity index (χ4n) is 2.74.